The lowest BCUT2D eigenvalue weighted by Crippen LogP contribution is -2.46. The van der Waals surface area contributed by atoms with E-state index >= 15 is 0 Å². The second-order valence-electron chi connectivity index (χ2n) is 8.61. The first kappa shape index (κ1) is 22.8. The van der Waals surface area contributed by atoms with Gasteiger partial charge < -0.3 is 14.6 Å². The lowest BCUT2D eigenvalue weighted by atomic mass is 9.94. The molecule has 1 unspecified atom stereocenters. The lowest BCUT2D eigenvalue weighted by Gasteiger charge is -2.37. The summed E-state index contributed by atoms with van der Waals surface area (Å²) in [6.07, 6.45) is 0. The molecule has 2 heterocycles. The molecule has 0 radical (unpaired) electrons. The molecule has 1 aliphatic heterocycles. The number of allylic oxidation sites excluding steroid dienone is 1. The van der Waals surface area contributed by atoms with Crippen molar-refractivity contribution in [3.63, 3.8) is 0 Å². The molecule has 0 bridgehead atoms. The summed E-state index contributed by atoms with van der Waals surface area (Å²) in [4.78, 5) is 6.80. The third kappa shape index (κ3) is 4.42. The van der Waals surface area contributed by atoms with E-state index in [0.717, 1.165) is 33.8 Å². The fraction of sp³-hybridized carbons (Fsp3) is 0.179. The van der Waals surface area contributed by atoms with E-state index in [1.165, 1.54) is 11.1 Å². The van der Waals surface area contributed by atoms with Crippen LogP contribution in [-0.2, 0) is 0 Å². The van der Waals surface area contributed by atoms with Crippen molar-refractivity contribution in [2.75, 3.05) is 12.0 Å². The number of nitrogens with zero attached hydrogens (tertiary/aromatic N) is 3. The van der Waals surface area contributed by atoms with E-state index in [1.807, 2.05) is 60.4 Å². The summed E-state index contributed by atoms with van der Waals surface area (Å²) in [5, 5.41) is 8.40. The molecular weight excluding hydrogens is 456 g/mol. The Hall–Kier alpha value is -3.97. The fourth-order valence-electron chi connectivity index (χ4n) is 4.22. The number of benzene rings is 3. The van der Waals surface area contributed by atoms with Gasteiger partial charge >= 0.3 is 0 Å². The minimum Gasteiger partial charge on any atom is -0.497 e. The van der Waals surface area contributed by atoms with Crippen molar-refractivity contribution >= 4 is 28.6 Å². The van der Waals surface area contributed by atoms with Crippen LogP contribution < -0.4 is 15.0 Å². The molecule has 176 valence electrons. The summed E-state index contributed by atoms with van der Waals surface area (Å²) in [6, 6.07) is 24.0. The molecule has 0 spiro atoms. The van der Waals surface area contributed by atoms with Crippen molar-refractivity contribution < 1.29 is 9.26 Å². The minimum absolute atomic E-state index is 0.263. The van der Waals surface area contributed by atoms with Crippen LogP contribution in [0.5, 0.6) is 5.75 Å². The molecule has 0 saturated heterocycles. The molecule has 0 saturated carbocycles. The molecule has 3 aromatic carbocycles. The molecule has 1 aromatic heterocycles. The van der Waals surface area contributed by atoms with Gasteiger partial charge in [-0.3, -0.25) is 4.90 Å². The summed E-state index contributed by atoms with van der Waals surface area (Å²) in [7, 11) is 1.66. The minimum atomic E-state index is -0.263. The SMILES string of the molecule is COc1ccc(C2NC(=S)N(c3ccc(C)cc3)C(C)=C2c2nc(-c3ccc(C)cc3)no2)cc1. The van der Waals surface area contributed by atoms with Crippen LogP contribution >= 0.6 is 12.2 Å². The second kappa shape index (κ2) is 9.35. The molecule has 1 atom stereocenters. The van der Waals surface area contributed by atoms with Crippen molar-refractivity contribution in [3.8, 4) is 17.1 Å². The number of methoxy groups -OCH3 is 1. The van der Waals surface area contributed by atoms with Gasteiger partial charge in [0.2, 0.25) is 5.82 Å². The van der Waals surface area contributed by atoms with E-state index in [1.54, 1.807) is 7.11 Å². The Bertz CT molecular complexity index is 1390. The van der Waals surface area contributed by atoms with Crippen LogP contribution in [0.4, 0.5) is 5.69 Å². The zero-order valence-corrected chi connectivity index (χ0v) is 20.9. The number of rotatable bonds is 5. The predicted octanol–water partition coefficient (Wildman–Crippen LogP) is 6.23. The van der Waals surface area contributed by atoms with Crippen LogP contribution in [0.15, 0.2) is 83.0 Å². The highest BCUT2D eigenvalue weighted by Crippen LogP contribution is 2.39. The van der Waals surface area contributed by atoms with Crippen molar-refractivity contribution in [2.45, 2.75) is 26.8 Å². The van der Waals surface area contributed by atoms with Gasteiger partial charge in [-0.15, -0.1) is 0 Å². The summed E-state index contributed by atoms with van der Waals surface area (Å²) in [5.74, 6) is 1.78. The molecule has 4 aromatic rings. The highest BCUT2D eigenvalue weighted by molar-refractivity contribution is 7.80. The normalized spacial score (nSPS) is 15.8. The number of aryl methyl sites for hydroxylation is 2. The smallest absolute Gasteiger partial charge is 0.258 e. The van der Waals surface area contributed by atoms with Crippen LogP contribution in [0.3, 0.4) is 0 Å². The monoisotopic (exact) mass is 482 g/mol. The van der Waals surface area contributed by atoms with E-state index in [0.29, 0.717) is 16.8 Å². The van der Waals surface area contributed by atoms with Crippen molar-refractivity contribution in [2.24, 2.45) is 0 Å². The first-order valence-electron chi connectivity index (χ1n) is 11.4. The maximum atomic E-state index is 5.84. The molecule has 7 heteroatoms. The van der Waals surface area contributed by atoms with Gasteiger partial charge in [-0.05, 0) is 62.8 Å². The van der Waals surface area contributed by atoms with Crippen molar-refractivity contribution in [3.05, 3.63) is 101 Å². The van der Waals surface area contributed by atoms with Gasteiger partial charge in [0, 0.05) is 16.9 Å². The van der Waals surface area contributed by atoms with Crippen LogP contribution in [0.1, 0.15) is 35.5 Å². The summed E-state index contributed by atoms with van der Waals surface area (Å²) < 4.78 is 11.2. The number of hydrogen-bond donors (Lipinski definition) is 1. The molecule has 35 heavy (non-hydrogen) atoms. The topological polar surface area (TPSA) is 63.4 Å². The lowest BCUT2D eigenvalue weighted by molar-refractivity contribution is 0.404. The predicted molar refractivity (Wildman–Crippen MR) is 142 cm³/mol. The first-order chi connectivity index (χ1) is 16.9. The van der Waals surface area contributed by atoms with Crippen LogP contribution in [0.25, 0.3) is 17.0 Å². The number of nitrogens with one attached hydrogen (secondary N) is 1. The van der Waals surface area contributed by atoms with Gasteiger partial charge in [0.15, 0.2) is 5.11 Å². The number of thiocarbonyl (C=S) groups is 1. The van der Waals surface area contributed by atoms with Gasteiger partial charge in [-0.2, -0.15) is 4.98 Å². The Kier molecular flexibility index (Phi) is 6.09. The van der Waals surface area contributed by atoms with E-state index in [9.17, 15) is 0 Å². The van der Waals surface area contributed by atoms with E-state index in [2.05, 4.69) is 48.6 Å². The molecule has 1 aliphatic rings. The van der Waals surface area contributed by atoms with Gasteiger partial charge in [0.05, 0.1) is 18.7 Å². The quantitative estimate of drug-likeness (QED) is 0.338. The largest absolute Gasteiger partial charge is 0.497 e. The maximum absolute atomic E-state index is 5.84. The van der Waals surface area contributed by atoms with Gasteiger partial charge in [-0.25, -0.2) is 0 Å². The van der Waals surface area contributed by atoms with E-state index in [-0.39, 0.29) is 6.04 Å². The molecule has 6 nitrogen and oxygen atoms in total. The zero-order valence-electron chi connectivity index (χ0n) is 20.1. The Labute approximate surface area is 210 Å². The Morgan fingerprint density at radius 2 is 1.51 bits per heavy atom. The van der Waals surface area contributed by atoms with E-state index in [4.69, 9.17) is 26.5 Å². The second-order valence-corrected chi connectivity index (χ2v) is 9.00. The van der Waals surface area contributed by atoms with Crippen LogP contribution in [0.2, 0.25) is 0 Å². The van der Waals surface area contributed by atoms with Gasteiger partial charge in [-0.1, -0.05) is 64.8 Å². The zero-order chi connectivity index (χ0) is 24.5. The Morgan fingerprint density at radius 1 is 0.886 bits per heavy atom. The Balaban J connectivity index is 1.63. The van der Waals surface area contributed by atoms with Gasteiger partial charge in [0.25, 0.3) is 5.89 Å². The maximum Gasteiger partial charge on any atom is 0.258 e. The fourth-order valence-corrected chi connectivity index (χ4v) is 4.58. The number of ether oxygens (including phenoxy) is 1. The van der Waals surface area contributed by atoms with E-state index < -0.39 is 0 Å². The molecule has 1 N–H and O–H groups in total. The number of aromatic nitrogens is 2. The highest BCUT2D eigenvalue weighted by Gasteiger charge is 2.34. The Morgan fingerprint density at radius 3 is 2.14 bits per heavy atom. The van der Waals surface area contributed by atoms with Crippen LogP contribution in [-0.4, -0.2) is 22.4 Å². The number of anilines is 1. The van der Waals surface area contributed by atoms with Crippen molar-refractivity contribution in [1.29, 1.82) is 0 Å². The average molecular weight is 483 g/mol. The summed E-state index contributed by atoms with van der Waals surface area (Å²) in [6.45, 7) is 6.15. The molecular formula is C28H26N4O2S. The number of hydrogen-bond acceptors (Lipinski definition) is 5. The first-order valence-corrected chi connectivity index (χ1v) is 11.8. The highest BCUT2D eigenvalue weighted by atomic mass is 32.1. The molecule has 0 aliphatic carbocycles. The van der Waals surface area contributed by atoms with Crippen molar-refractivity contribution in [1.82, 2.24) is 15.5 Å². The average Bonchev–Trinajstić information content (AvgIpc) is 3.35. The standard InChI is InChI=1S/C28H26N4O2S/c1-17-5-9-21(10-6-17)26-30-27(34-31-26)24-19(3)32(22-13-7-18(2)8-14-22)28(35)29-25(24)20-11-15-23(33-4)16-12-20/h5-16,25H,1-4H3,(H,29,35). The third-order valence-electron chi connectivity index (χ3n) is 6.19. The summed E-state index contributed by atoms with van der Waals surface area (Å²) >= 11 is 5.83. The van der Waals surface area contributed by atoms with Crippen LogP contribution in [0, 0.1) is 13.8 Å². The molecule has 0 fully saturated rings. The third-order valence-corrected chi connectivity index (χ3v) is 6.49. The molecule has 0 amide bonds. The summed E-state index contributed by atoms with van der Waals surface area (Å²) in [5.41, 5.74) is 7.04. The molecule has 5 rings (SSSR count). The van der Waals surface area contributed by atoms with Gasteiger partial charge in [0.1, 0.15) is 5.75 Å².